The van der Waals surface area contributed by atoms with Crippen LogP contribution in [-0.4, -0.2) is 15.2 Å². The molecule has 0 saturated heterocycles. The van der Waals surface area contributed by atoms with Gasteiger partial charge in [0.05, 0.1) is 6.54 Å². The summed E-state index contributed by atoms with van der Waals surface area (Å²) in [5.74, 6) is 1.60. The van der Waals surface area contributed by atoms with E-state index < -0.39 is 0 Å². The van der Waals surface area contributed by atoms with Gasteiger partial charge in [-0.05, 0) is 18.6 Å². The Kier molecular flexibility index (Phi) is 3.54. The molecule has 16 heavy (non-hydrogen) atoms. The first-order valence-corrected chi connectivity index (χ1v) is 5.45. The fourth-order valence-electron chi connectivity index (χ4n) is 1.42. The standard InChI is InChI=1S/C11H13ClN4/c1-8-14-11(16-15-8)7-13-6-9-4-2-3-5-10(9)12/h2-5,13H,6-7H2,1H3,(H,14,15,16). The Morgan fingerprint density at radius 3 is 2.81 bits per heavy atom. The molecule has 1 heterocycles. The average molecular weight is 237 g/mol. The van der Waals surface area contributed by atoms with E-state index in [1.807, 2.05) is 31.2 Å². The normalized spacial score (nSPS) is 10.6. The third kappa shape index (κ3) is 2.81. The summed E-state index contributed by atoms with van der Waals surface area (Å²) in [5.41, 5.74) is 1.08. The predicted molar refractivity (Wildman–Crippen MR) is 63.1 cm³/mol. The van der Waals surface area contributed by atoms with Crippen LogP contribution in [0.25, 0.3) is 0 Å². The lowest BCUT2D eigenvalue weighted by atomic mass is 10.2. The Bertz CT molecular complexity index is 467. The Morgan fingerprint density at radius 1 is 1.31 bits per heavy atom. The minimum Gasteiger partial charge on any atom is -0.306 e. The zero-order chi connectivity index (χ0) is 11.4. The maximum atomic E-state index is 6.03. The Balaban J connectivity index is 1.87. The Hall–Kier alpha value is -1.39. The zero-order valence-corrected chi connectivity index (χ0v) is 9.75. The maximum Gasteiger partial charge on any atom is 0.164 e. The third-order valence-electron chi connectivity index (χ3n) is 2.20. The van der Waals surface area contributed by atoms with Crippen molar-refractivity contribution in [2.24, 2.45) is 0 Å². The van der Waals surface area contributed by atoms with Crippen molar-refractivity contribution in [3.63, 3.8) is 0 Å². The number of benzene rings is 1. The molecule has 0 unspecified atom stereocenters. The quantitative estimate of drug-likeness (QED) is 0.855. The lowest BCUT2D eigenvalue weighted by Gasteiger charge is -2.04. The third-order valence-corrected chi connectivity index (χ3v) is 2.57. The lowest BCUT2D eigenvalue weighted by molar-refractivity contribution is 0.665. The molecule has 0 spiro atoms. The van der Waals surface area contributed by atoms with E-state index >= 15 is 0 Å². The van der Waals surface area contributed by atoms with Gasteiger partial charge >= 0.3 is 0 Å². The number of aromatic nitrogens is 3. The van der Waals surface area contributed by atoms with Gasteiger partial charge in [0.2, 0.25) is 0 Å². The molecular formula is C11H13ClN4. The van der Waals surface area contributed by atoms with Crippen LogP contribution < -0.4 is 5.32 Å². The van der Waals surface area contributed by atoms with Gasteiger partial charge in [0.1, 0.15) is 5.82 Å². The largest absolute Gasteiger partial charge is 0.306 e. The molecule has 0 bridgehead atoms. The van der Waals surface area contributed by atoms with Crippen molar-refractivity contribution >= 4 is 11.6 Å². The predicted octanol–water partition coefficient (Wildman–Crippen LogP) is 2.06. The van der Waals surface area contributed by atoms with Crippen molar-refractivity contribution in [1.82, 2.24) is 20.5 Å². The number of H-pyrrole nitrogens is 1. The summed E-state index contributed by atoms with van der Waals surface area (Å²) >= 11 is 6.03. The van der Waals surface area contributed by atoms with Gasteiger partial charge in [0, 0.05) is 11.6 Å². The number of aromatic amines is 1. The molecule has 0 aliphatic carbocycles. The van der Waals surface area contributed by atoms with Crippen LogP contribution >= 0.6 is 11.6 Å². The van der Waals surface area contributed by atoms with Crippen LogP contribution in [0.5, 0.6) is 0 Å². The van der Waals surface area contributed by atoms with E-state index in [1.54, 1.807) is 0 Å². The number of nitrogens with one attached hydrogen (secondary N) is 2. The molecule has 2 rings (SSSR count). The lowest BCUT2D eigenvalue weighted by Crippen LogP contribution is -2.14. The molecular weight excluding hydrogens is 224 g/mol. The van der Waals surface area contributed by atoms with Gasteiger partial charge in [0.25, 0.3) is 0 Å². The van der Waals surface area contributed by atoms with E-state index in [-0.39, 0.29) is 0 Å². The highest BCUT2D eigenvalue weighted by molar-refractivity contribution is 6.31. The van der Waals surface area contributed by atoms with Crippen molar-refractivity contribution < 1.29 is 0 Å². The summed E-state index contributed by atoms with van der Waals surface area (Å²) in [6.45, 7) is 3.23. The average Bonchev–Trinajstić information content (AvgIpc) is 2.67. The van der Waals surface area contributed by atoms with Gasteiger partial charge in [0.15, 0.2) is 5.82 Å². The van der Waals surface area contributed by atoms with Crippen LogP contribution in [0, 0.1) is 6.92 Å². The molecule has 0 radical (unpaired) electrons. The van der Waals surface area contributed by atoms with Gasteiger partial charge in [-0.15, -0.1) is 0 Å². The highest BCUT2D eigenvalue weighted by atomic mass is 35.5. The van der Waals surface area contributed by atoms with Crippen LogP contribution in [-0.2, 0) is 13.1 Å². The molecule has 1 aromatic heterocycles. The molecule has 1 aromatic carbocycles. The second kappa shape index (κ2) is 5.09. The first-order chi connectivity index (χ1) is 7.75. The van der Waals surface area contributed by atoms with Crippen LogP contribution in [0.15, 0.2) is 24.3 Å². The van der Waals surface area contributed by atoms with Crippen molar-refractivity contribution in [3.8, 4) is 0 Å². The van der Waals surface area contributed by atoms with E-state index in [4.69, 9.17) is 11.6 Å². The molecule has 84 valence electrons. The summed E-state index contributed by atoms with van der Waals surface area (Å²) in [5, 5.41) is 10.9. The second-order valence-corrected chi connectivity index (χ2v) is 3.94. The van der Waals surface area contributed by atoms with Crippen molar-refractivity contribution in [2.45, 2.75) is 20.0 Å². The molecule has 0 aliphatic rings. The van der Waals surface area contributed by atoms with Gasteiger partial charge in [-0.2, -0.15) is 5.10 Å². The smallest absolute Gasteiger partial charge is 0.164 e. The number of nitrogens with zero attached hydrogens (tertiary/aromatic N) is 2. The molecule has 0 aliphatic heterocycles. The molecule has 2 N–H and O–H groups in total. The highest BCUT2D eigenvalue weighted by Gasteiger charge is 2.01. The van der Waals surface area contributed by atoms with E-state index in [0.29, 0.717) is 13.1 Å². The first-order valence-electron chi connectivity index (χ1n) is 5.07. The van der Waals surface area contributed by atoms with Crippen molar-refractivity contribution in [1.29, 1.82) is 0 Å². The van der Waals surface area contributed by atoms with E-state index in [2.05, 4.69) is 20.5 Å². The number of rotatable bonds is 4. The number of hydrogen-bond donors (Lipinski definition) is 2. The van der Waals surface area contributed by atoms with Gasteiger partial charge in [-0.25, -0.2) is 4.98 Å². The SMILES string of the molecule is Cc1nc(CNCc2ccccc2Cl)n[nH]1. The fraction of sp³-hybridized carbons (Fsp3) is 0.273. The van der Waals surface area contributed by atoms with Crippen LogP contribution in [0.1, 0.15) is 17.2 Å². The zero-order valence-electron chi connectivity index (χ0n) is 9.00. The Labute approximate surface area is 99.1 Å². The summed E-state index contributed by atoms with van der Waals surface area (Å²) in [4.78, 5) is 4.20. The summed E-state index contributed by atoms with van der Waals surface area (Å²) in [7, 11) is 0. The number of hydrogen-bond acceptors (Lipinski definition) is 3. The molecule has 0 amide bonds. The van der Waals surface area contributed by atoms with Gasteiger partial charge in [-0.3, -0.25) is 5.10 Å². The summed E-state index contributed by atoms with van der Waals surface area (Å²) in [6, 6.07) is 7.78. The molecule has 0 saturated carbocycles. The monoisotopic (exact) mass is 236 g/mol. The molecule has 2 aromatic rings. The Morgan fingerprint density at radius 2 is 2.12 bits per heavy atom. The summed E-state index contributed by atoms with van der Waals surface area (Å²) in [6.07, 6.45) is 0. The molecule has 0 atom stereocenters. The van der Waals surface area contributed by atoms with Crippen molar-refractivity contribution in [2.75, 3.05) is 0 Å². The molecule has 4 nitrogen and oxygen atoms in total. The van der Waals surface area contributed by atoms with Crippen LogP contribution in [0.3, 0.4) is 0 Å². The minimum absolute atomic E-state index is 0.634. The topological polar surface area (TPSA) is 53.6 Å². The van der Waals surface area contributed by atoms with E-state index in [9.17, 15) is 0 Å². The van der Waals surface area contributed by atoms with Gasteiger partial charge < -0.3 is 5.32 Å². The van der Waals surface area contributed by atoms with E-state index in [0.717, 1.165) is 22.2 Å². The maximum absolute atomic E-state index is 6.03. The molecule has 0 fully saturated rings. The molecule has 5 heteroatoms. The second-order valence-electron chi connectivity index (χ2n) is 3.53. The minimum atomic E-state index is 0.634. The number of aryl methyl sites for hydroxylation is 1. The highest BCUT2D eigenvalue weighted by Crippen LogP contribution is 2.14. The van der Waals surface area contributed by atoms with E-state index in [1.165, 1.54) is 0 Å². The van der Waals surface area contributed by atoms with Crippen LogP contribution in [0.2, 0.25) is 5.02 Å². The fourth-order valence-corrected chi connectivity index (χ4v) is 1.62. The van der Waals surface area contributed by atoms with Crippen molar-refractivity contribution in [3.05, 3.63) is 46.5 Å². The van der Waals surface area contributed by atoms with Crippen LogP contribution in [0.4, 0.5) is 0 Å². The first kappa shape index (κ1) is 11.1. The summed E-state index contributed by atoms with van der Waals surface area (Å²) < 4.78 is 0. The number of halogens is 1. The van der Waals surface area contributed by atoms with Gasteiger partial charge in [-0.1, -0.05) is 29.8 Å².